The number of rotatable bonds is 2. The second-order valence-corrected chi connectivity index (χ2v) is 4.77. The van der Waals surface area contributed by atoms with Crippen molar-refractivity contribution in [3.05, 3.63) is 39.3 Å². The van der Waals surface area contributed by atoms with E-state index in [0.717, 1.165) is 15.4 Å². The molecule has 0 amide bonds. The van der Waals surface area contributed by atoms with Gasteiger partial charge in [-0.2, -0.15) is 0 Å². The van der Waals surface area contributed by atoms with Crippen LogP contribution in [0.5, 0.6) is 0 Å². The summed E-state index contributed by atoms with van der Waals surface area (Å²) >= 11 is 13.5. The third-order valence-corrected chi connectivity index (χ3v) is 3.80. The van der Waals surface area contributed by atoms with Crippen LogP contribution in [-0.4, -0.2) is 4.98 Å². The molecule has 2 nitrogen and oxygen atoms in total. The SMILES string of the molecule is NCc1sc(-c2ccccc2Cl)nc1Cl. The fourth-order valence-electron chi connectivity index (χ4n) is 1.21. The number of hydrogen-bond donors (Lipinski definition) is 1. The van der Waals surface area contributed by atoms with Gasteiger partial charge in [0.1, 0.15) is 10.2 Å². The molecule has 1 heterocycles. The normalized spacial score (nSPS) is 10.6. The summed E-state index contributed by atoms with van der Waals surface area (Å²) in [7, 11) is 0. The second-order valence-electron chi connectivity index (χ2n) is 2.92. The molecule has 2 aromatic rings. The summed E-state index contributed by atoms with van der Waals surface area (Å²) in [6, 6.07) is 7.54. The van der Waals surface area contributed by atoms with Crippen molar-refractivity contribution < 1.29 is 0 Å². The first-order valence-electron chi connectivity index (χ1n) is 4.32. The molecule has 0 atom stereocenters. The Hall–Kier alpha value is -0.610. The van der Waals surface area contributed by atoms with Crippen LogP contribution in [0.25, 0.3) is 10.6 Å². The Balaban J connectivity index is 2.50. The predicted octanol–water partition coefficient (Wildman–Crippen LogP) is 3.58. The monoisotopic (exact) mass is 258 g/mol. The molecule has 78 valence electrons. The van der Waals surface area contributed by atoms with Crippen molar-refractivity contribution in [2.45, 2.75) is 6.54 Å². The van der Waals surface area contributed by atoms with Gasteiger partial charge in [-0.05, 0) is 6.07 Å². The molecular formula is C10H8Cl2N2S. The third kappa shape index (κ3) is 2.16. The minimum Gasteiger partial charge on any atom is -0.326 e. The molecule has 1 aromatic carbocycles. The lowest BCUT2D eigenvalue weighted by molar-refractivity contribution is 1.10. The molecule has 0 bridgehead atoms. The van der Waals surface area contributed by atoms with Crippen molar-refractivity contribution in [1.82, 2.24) is 4.98 Å². The number of aromatic nitrogens is 1. The lowest BCUT2D eigenvalue weighted by atomic mass is 10.2. The molecule has 0 radical (unpaired) electrons. The lowest BCUT2D eigenvalue weighted by Crippen LogP contribution is -1.92. The van der Waals surface area contributed by atoms with Crippen molar-refractivity contribution in [2.75, 3.05) is 0 Å². The predicted molar refractivity (Wildman–Crippen MR) is 65.5 cm³/mol. The molecule has 0 aliphatic rings. The molecule has 2 rings (SSSR count). The molecule has 5 heteroatoms. The van der Waals surface area contributed by atoms with Gasteiger partial charge in [-0.15, -0.1) is 11.3 Å². The average Bonchev–Trinajstić information content (AvgIpc) is 2.60. The zero-order valence-corrected chi connectivity index (χ0v) is 10.0. The summed E-state index contributed by atoms with van der Waals surface area (Å²) in [6.45, 7) is 0.404. The summed E-state index contributed by atoms with van der Waals surface area (Å²) < 4.78 is 0. The van der Waals surface area contributed by atoms with Gasteiger partial charge in [0.05, 0.1) is 9.90 Å². The molecule has 15 heavy (non-hydrogen) atoms. The van der Waals surface area contributed by atoms with Gasteiger partial charge in [0.15, 0.2) is 0 Å². The van der Waals surface area contributed by atoms with E-state index in [-0.39, 0.29) is 0 Å². The molecule has 1 aromatic heterocycles. The maximum Gasteiger partial charge on any atom is 0.145 e. The van der Waals surface area contributed by atoms with E-state index >= 15 is 0 Å². The van der Waals surface area contributed by atoms with Gasteiger partial charge in [-0.1, -0.05) is 41.4 Å². The molecule has 0 saturated heterocycles. The molecule has 0 unspecified atom stereocenters. The van der Waals surface area contributed by atoms with E-state index in [2.05, 4.69) is 4.98 Å². The molecule has 0 fully saturated rings. The summed E-state index contributed by atoms with van der Waals surface area (Å²) in [5.74, 6) is 0. The Bertz CT molecular complexity index is 482. The van der Waals surface area contributed by atoms with Crippen LogP contribution in [0, 0.1) is 0 Å². The zero-order chi connectivity index (χ0) is 10.8. The van der Waals surface area contributed by atoms with E-state index in [1.807, 2.05) is 24.3 Å². The molecule has 0 aliphatic carbocycles. The van der Waals surface area contributed by atoms with Crippen molar-refractivity contribution in [3.8, 4) is 10.6 Å². The summed E-state index contributed by atoms with van der Waals surface area (Å²) in [6.07, 6.45) is 0. The molecule has 0 spiro atoms. The number of nitrogens with two attached hydrogens (primary N) is 1. The first-order valence-corrected chi connectivity index (χ1v) is 5.90. The fraction of sp³-hybridized carbons (Fsp3) is 0.100. The third-order valence-electron chi connectivity index (χ3n) is 1.94. The van der Waals surface area contributed by atoms with Crippen LogP contribution in [0.1, 0.15) is 4.88 Å². The number of benzene rings is 1. The van der Waals surface area contributed by atoms with E-state index in [0.29, 0.717) is 16.7 Å². The Morgan fingerprint density at radius 2 is 2.00 bits per heavy atom. The van der Waals surface area contributed by atoms with E-state index in [1.54, 1.807) is 0 Å². The highest BCUT2D eigenvalue weighted by Gasteiger charge is 2.11. The maximum atomic E-state index is 6.06. The van der Waals surface area contributed by atoms with Crippen molar-refractivity contribution >= 4 is 34.5 Å². The van der Waals surface area contributed by atoms with Crippen molar-refractivity contribution in [1.29, 1.82) is 0 Å². The minimum atomic E-state index is 0.404. The Kier molecular flexibility index (Phi) is 3.26. The molecular weight excluding hydrogens is 251 g/mol. The van der Waals surface area contributed by atoms with E-state index in [1.165, 1.54) is 11.3 Å². The highest BCUT2D eigenvalue weighted by Crippen LogP contribution is 2.34. The standard InChI is InChI=1S/C10H8Cl2N2S/c11-7-4-2-1-3-6(7)10-14-9(12)8(5-13)15-10/h1-4H,5,13H2. The topological polar surface area (TPSA) is 38.9 Å². The average molecular weight is 259 g/mol. The maximum absolute atomic E-state index is 6.06. The van der Waals surface area contributed by atoms with E-state index in [9.17, 15) is 0 Å². The minimum absolute atomic E-state index is 0.404. The van der Waals surface area contributed by atoms with Gasteiger partial charge in [0.25, 0.3) is 0 Å². The van der Waals surface area contributed by atoms with Crippen LogP contribution in [-0.2, 0) is 6.54 Å². The first-order chi connectivity index (χ1) is 7.22. The molecule has 2 N–H and O–H groups in total. The van der Waals surface area contributed by atoms with Gasteiger partial charge in [-0.25, -0.2) is 4.98 Å². The molecule has 0 saturated carbocycles. The van der Waals surface area contributed by atoms with Gasteiger partial charge < -0.3 is 5.73 Å². The Morgan fingerprint density at radius 1 is 1.27 bits per heavy atom. The second kappa shape index (κ2) is 4.49. The van der Waals surface area contributed by atoms with Gasteiger partial charge in [0, 0.05) is 12.1 Å². The highest BCUT2D eigenvalue weighted by molar-refractivity contribution is 7.15. The number of halogens is 2. The van der Waals surface area contributed by atoms with E-state index in [4.69, 9.17) is 28.9 Å². The van der Waals surface area contributed by atoms with Crippen LogP contribution in [0.4, 0.5) is 0 Å². The summed E-state index contributed by atoms with van der Waals surface area (Å²) in [4.78, 5) is 5.11. The molecule has 0 aliphatic heterocycles. The quantitative estimate of drug-likeness (QED) is 0.895. The van der Waals surface area contributed by atoms with Crippen LogP contribution >= 0.6 is 34.5 Å². The van der Waals surface area contributed by atoms with E-state index < -0.39 is 0 Å². The number of thiazole rings is 1. The highest BCUT2D eigenvalue weighted by atomic mass is 35.5. The van der Waals surface area contributed by atoms with Crippen LogP contribution in [0.15, 0.2) is 24.3 Å². The van der Waals surface area contributed by atoms with Crippen LogP contribution < -0.4 is 5.73 Å². The van der Waals surface area contributed by atoms with Gasteiger partial charge >= 0.3 is 0 Å². The first kappa shape index (κ1) is 10.9. The Labute approximate surface area is 102 Å². The van der Waals surface area contributed by atoms with Gasteiger partial charge in [-0.3, -0.25) is 0 Å². The smallest absolute Gasteiger partial charge is 0.145 e. The van der Waals surface area contributed by atoms with Gasteiger partial charge in [0.2, 0.25) is 0 Å². The Morgan fingerprint density at radius 3 is 2.60 bits per heavy atom. The van der Waals surface area contributed by atoms with Crippen LogP contribution in [0.2, 0.25) is 10.2 Å². The number of nitrogens with zero attached hydrogens (tertiary/aromatic N) is 1. The summed E-state index contributed by atoms with van der Waals surface area (Å²) in [5.41, 5.74) is 6.43. The van der Waals surface area contributed by atoms with Crippen LogP contribution in [0.3, 0.4) is 0 Å². The number of hydrogen-bond acceptors (Lipinski definition) is 3. The summed E-state index contributed by atoms with van der Waals surface area (Å²) in [5, 5.41) is 1.95. The zero-order valence-electron chi connectivity index (χ0n) is 7.71. The van der Waals surface area contributed by atoms with Crippen molar-refractivity contribution in [3.63, 3.8) is 0 Å². The largest absolute Gasteiger partial charge is 0.326 e. The fourth-order valence-corrected chi connectivity index (χ4v) is 2.69. The lowest BCUT2D eigenvalue weighted by Gasteiger charge is -1.97. The van der Waals surface area contributed by atoms with Crippen molar-refractivity contribution in [2.24, 2.45) is 5.73 Å².